The molecule has 2 rings (SSSR count). The maximum absolute atomic E-state index is 12.3. The van der Waals surface area contributed by atoms with Crippen molar-refractivity contribution in [2.75, 3.05) is 30.8 Å². The Morgan fingerprint density at radius 3 is 2.56 bits per heavy atom. The highest BCUT2D eigenvalue weighted by molar-refractivity contribution is 5.94. The Morgan fingerprint density at radius 1 is 1.28 bits per heavy atom. The fourth-order valence-corrected chi connectivity index (χ4v) is 3.16. The largest absolute Gasteiger partial charge is 0.495 e. The van der Waals surface area contributed by atoms with Gasteiger partial charge in [-0.2, -0.15) is 0 Å². The van der Waals surface area contributed by atoms with Gasteiger partial charge in [0.2, 0.25) is 11.8 Å². The molecule has 1 fully saturated rings. The molecule has 0 aliphatic carbocycles. The molecule has 140 valence electrons. The van der Waals surface area contributed by atoms with E-state index in [1.165, 1.54) is 6.92 Å². The van der Waals surface area contributed by atoms with Gasteiger partial charge in [-0.05, 0) is 56.0 Å². The SMILES string of the molecule is COc1ccc(NC(=O)CC(C)C2CCNCC2)cc1NC(C)=O.Cl. The molecular formula is C18H28ClN3O3. The van der Waals surface area contributed by atoms with Gasteiger partial charge >= 0.3 is 0 Å². The lowest BCUT2D eigenvalue weighted by Gasteiger charge is -2.27. The predicted molar refractivity (Wildman–Crippen MR) is 103 cm³/mol. The van der Waals surface area contributed by atoms with Gasteiger partial charge in [-0.15, -0.1) is 12.4 Å². The standard InChI is InChI=1S/C18H27N3O3.ClH/c1-12(14-6-8-19-9-7-14)10-18(23)21-15-4-5-17(24-3)16(11-15)20-13(2)22;/h4-5,11-12,14,19H,6-10H2,1-3H3,(H,20,22)(H,21,23);1H. The summed E-state index contributed by atoms with van der Waals surface area (Å²) in [4.78, 5) is 23.6. The van der Waals surface area contributed by atoms with Crippen molar-refractivity contribution in [3.05, 3.63) is 18.2 Å². The zero-order valence-corrected chi connectivity index (χ0v) is 15.9. The summed E-state index contributed by atoms with van der Waals surface area (Å²) >= 11 is 0. The second kappa shape index (κ2) is 10.3. The lowest BCUT2D eigenvalue weighted by Crippen LogP contribution is -2.32. The molecule has 0 aromatic heterocycles. The van der Waals surface area contributed by atoms with E-state index in [-0.39, 0.29) is 24.2 Å². The highest BCUT2D eigenvalue weighted by Gasteiger charge is 2.22. The third-order valence-electron chi connectivity index (χ3n) is 4.49. The van der Waals surface area contributed by atoms with Crippen LogP contribution in [0.25, 0.3) is 0 Å². The van der Waals surface area contributed by atoms with Gasteiger partial charge in [-0.1, -0.05) is 6.92 Å². The topological polar surface area (TPSA) is 79.5 Å². The first-order valence-electron chi connectivity index (χ1n) is 8.45. The Bertz CT molecular complexity index is 589. The number of rotatable bonds is 6. The van der Waals surface area contributed by atoms with Gasteiger partial charge in [0.05, 0.1) is 12.8 Å². The minimum Gasteiger partial charge on any atom is -0.495 e. The number of hydrogen-bond acceptors (Lipinski definition) is 4. The Hall–Kier alpha value is -1.79. The molecule has 1 atom stereocenters. The van der Waals surface area contributed by atoms with E-state index in [4.69, 9.17) is 4.74 Å². The van der Waals surface area contributed by atoms with E-state index in [0.29, 0.717) is 35.4 Å². The van der Waals surface area contributed by atoms with Gasteiger partial charge in [0.15, 0.2) is 0 Å². The molecule has 1 aromatic rings. The Morgan fingerprint density at radius 2 is 1.96 bits per heavy atom. The first-order chi connectivity index (χ1) is 11.5. The van der Waals surface area contributed by atoms with E-state index >= 15 is 0 Å². The summed E-state index contributed by atoms with van der Waals surface area (Å²) in [7, 11) is 1.54. The molecule has 0 radical (unpaired) electrons. The number of methoxy groups -OCH3 is 1. The molecule has 0 saturated carbocycles. The van der Waals surface area contributed by atoms with Crippen LogP contribution in [0.1, 0.15) is 33.1 Å². The van der Waals surface area contributed by atoms with Crippen molar-refractivity contribution in [3.63, 3.8) is 0 Å². The highest BCUT2D eigenvalue weighted by Crippen LogP contribution is 2.29. The number of carbonyl (C=O) groups is 2. The molecule has 3 N–H and O–H groups in total. The quantitative estimate of drug-likeness (QED) is 0.720. The number of carbonyl (C=O) groups excluding carboxylic acids is 2. The molecule has 1 heterocycles. The number of nitrogens with one attached hydrogen (secondary N) is 3. The van der Waals surface area contributed by atoms with Crippen molar-refractivity contribution < 1.29 is 14.3 Å². The van der Waals surface area contributed by atoms with E-state index < -0.39 is 0 Å². The van der Waals surface area contributed by atoms with Gasteiger partial charge in [0.1, 0.15) is 5.75 Å². The van der Waals surface area contributed by atoms with E-state index in [9.17, 15) is 9.59 Å². The average molecular weight is 370 g/mol. The lowest BCUT2D eigenvalue weighted by atomic mass is 9.84. The average Bonchev–Trinajstić information content (AvgIpc) is 2.55. The fourth-order valence-electron chi connectivity index (χ4n) is 3.16. The summed E-state index contributed by atoms with van der Waals surface area (Å²) in [6.45, 7) is 5.65. The first kappa shape index (κ1) is 21.3. The number of anilines is 2. The molecule has 25 heavy (non-hydrogen) atoms. The van der Waals surface area contributed by atoms with Crippen LogP contribution in [0.15, 0.2) is 18.2 Å². The number of halogens is 1. The first-order valence-corrected chi connectivity index (χ1v) is 8.45. The minimum absolute atomic E-state index is 0. The van der Waals surface area contributed by atoms with E-state index in [1.54, 1.807) is 25.3 Å². The molecule has 2 amide bonds. The molecule has 7 heteroatoms. The van der Waals surface area contributed by atoms with E-state index in [0.717, 1.165) is 25.9 Å². The van der Waals surface area contributed by atoms with Gasteiger partial charge in [0, 0.05) is 19.0 Å². The molecule has 0 bridgehead atoms. The second-order valence-corrected chi connectivity index (χ2v) is 6.41. The van der Waals surface area contributed by atoms with Crippen molar-refractivity contribution >= 4 is 35.6 Å². The van der Waals surface area contributed by atoms with Crippen LogP contribution in [-0.4, -0.2) is 32.0 Å². The Kier molecular flexibility index (Phi) is 8.72. The van der Waals surface area contributed by atoms with Crippen molar-refractivity contribution in [2.45, 2.75) is 33.1 Å². The van der Waals surface area contributed by atoms with Crippen LogP contribution < -0.4 is 20.7 Å². The monoisotopic (exact) mass is 369 g/mol. The van der Waals surface area contributed by atoms with Gasteiger partial charge in [-0.25, -0.2) is 0 Å². The van der Waals surface area contributed by atoms with Crippen LogP contribution in [0.3, 0.4) is 0 Å². The molecule has 1 unspecified atom stereocenters. The summed E-state index contributed by atoms with van der Waals surface area (Å²) < 4.78 is 5.22. The summed E-state index contributed by atoms with van der Waals surface area (Å²) in [5.41, 5.74) is 1.20. The van der Waals surface area contributed by atoms with Crippen LogP contribution in [-0.2, 0) is 9.59 Å². The number of piperidine rings is 1. The van der Waals surface area contributed by atoms with Crippen molar-refractivity contribution in [1.82, 2.24) is 5.32 Å². The predicted octanol–water partition coefficient (Wildman–Crippen LogP) is 3.04. The second-order valence-electron chi connectivity index (χ2n) is 6.41. The molecular weight excluding hydrogens is 342 g/mol. The van der Waals surface area contributed by atoms with Crippen LogP contribution in [0, 0.1) is 11.8 Å². The van der Waals surface area contributed by atoms with Crippen molar-refractivity contribution in [3.8, 4) is 5.75 Å². The molecule has 1 aromatic carbocycles. The summed E-state index contributed by atoms with van der Waals surface area (Å²) in [6.07, 6.45) is 2.76. The molecule has 6 nitrogen and oxygen atoms in total. The molecule has 1 aliphatic heterocycles. The Balaban J connectivity index is 0.00000312. The maximum Gasteiger partial charge on any atom is 0.224 e. The maximum atomic E-state index is 12.3. The number of amides is 2. The summed E-state index contributed by atoms with van der Waals surface area (Å²) in [6, 6.07) is 5.22. The number of ether oxygens (including phenoxy) is 1. The van der Waals surface area contributed by atoms with Crippen LogP contribution in [0.2, 0.25) is 0 Å². The van der Waals surface area contributed by atoms with Crippen molar-refractivity contribution in [1.29, 1.82) is 0 Å². The number of hydrogen-bond donors (Lipinski definition) is 3. The molecule has 1 saturated heterocycles. The molecule has 0 spiro atoms. The zero-order valence-electron chi connectivity index (χ0n) is 15.1. The van der Waals surface area contributed by atoms with E-state index in [1.807, 2.05) is 0 Å². The normalized spacial score (nSPS) is 15.6. The van der Waals surface area contributed by atoms with Crippen LogP contribution in [0.4, 0.5) is 11.4 Å². The van der Waals surface area contributed by atoms with E-state index in [2.05, 4.69) is 22.9 Å². The fraction of sp³-hybridized carbons (Fsp3) is 0.556. The summed E-state index contributed by atoms with van der Waals surface area (Å²) in [5.74, 6) is 1.34. The van der Waals surface area contributed by atoms with Gasteiger partial charge < -0.3 is 20.7 Å². The van der Waals surface area contributed by atoms with Crippen LogP contribution >= 0.6 is 12.4 Å². The lowest BCUT2D eigenvalue weighted by molar-refractivity contribution is -0.117. The highest BCUT2D eigenvalue weighted by atomic mass is 35.5. The van der Waals surface area contributed by atoms with Crippen molar-refractivity contribution in [2.24, 2.45) is 11.8 Å². The summed E-state index contributed by atoms with van der Waals surface area (Å²) in [5, 5.41) is 8.97. The third kappa shape index (κ3) is 6.55. The molecule has 1 aliphatic rings. The minimum atomic E-state index is -0.184. The Labute approximate surface area is 155 Å². The van der Waals surface area contributed by atoms with Crippen LogP contribution in [0.5, 0.6) is 5.75 Å². The number of benzene rings is 1. The zero-order chi connectivity index (χ0) is 17.5. The smallest absolute Gasteiger partial charge is 0.224 e. The van der Waals surface area contributed by atoms with Gasteiger partial charge in [0.25, 0.3) is 0 Å². The third-order valence-corrected chi connectivity index (χ3v) is 4.49. The van der Waals surface area contributed by atoms with Gasteiger partial charge in [-0.3, -0.25) is 9.59 Å².